The van der Waals surface area contributed by atoms with Crippen molar-refractivity contribution in [2.24, 2.45) is 7.05 Å². The molecule has 0 saturated heterocycles. The van der Waals surface area contributed by atoms with E-state index in [0.717, 1.165) is 33.8 Å². The summed E-state index contributed by atoms with van der Waals surface area (Å²) in [5, 5.41) is 9.58. The van der Waals surface area contributed by atoms with E-state index < -0.39 is 0 Å². The van der Waals surface area contributed by atoms with E-state index in [4.69, 9.17) is 5.73 Å². The lowest BCUT2D eigenvalue weighted by molar-refractivity contribution is 0.773. The third-order valence-electron chi connectivity index (χ3n) is 3.23. The molecule has 0 spiro atoms. The van der Waals surface area contributed by atoms with Gasteiger partial charge in [-0.2, -0.15) is 10.2 Å². The Bertz CT molecular complexity index is 780. The van der Waals surface area contributed by atoms with Crippen molar-refractivity contribution in [3.05, 3.63) is 29.1 Å². The molecule has 0 radical (unpaired) electrons. The molecule has 0 aliphatic rings. The molecule has 0 aliphatic carbocycles. The highest BCUT2D eigenvalue weighted by Gasteiger charge is 2.13. The van der Waals surface area contributed by atoms with Crippen LogP contribution in [-0.2, 0) is 7.05 Å². The van der Waals surface area contributed by atoms with Gasteiger partial charge >= 0.3 is 0 Å². The quantitative estimate of drug-likeness (QED) is 0.718. The van der Waals surface area contributed by atoms with Crippen molar-refractivity contribution < 1.29 is 0 Å². The predicted molar refractivity (Wildman–Crippen MR) is 74.3 cm³/mol. The first-order valence-electron chi connectivity index (χ1n) is 6.11. The number of pyridine rings is 1. The summed E-state index contributed by atoms with van der Waals surface area (Å²) in [4.78, 5) is 4.62. The number of anilines is 1. The van der Waals surface area contributed by atoms with Crippen LogP contribution in [0.1, 0.15) is 17.0 Å². The molecule has 0 saturated carbocycles. The predicted octanol–water partition coefficient (Wildman–Crippen LogP) is 1.66. The van der Waals surface area contributed by atoms with Gasteiger partial charge < -0.3 is 5.73 Å². The normalized spacial score (nSPS) is 11.4. The second kappa shape index (κ2) is 3.81. The van der Waals surface area contributed by atoms with E-state index in [9.17, 15) is 0 Å². The number of hydrogen-bond acceptors (Lipinski definition) is 4. The van der Waals surface area contributed by atoms with E-state index >= 15 is 0 Å². The smallest absolute Gasteiger partial charge is 0.162 e. The van der Waals surface area contributed by atoms with Gasteiger partial charge in [-0.05, 0) is 38.5 Å². The van der Waals surface area contributed by atoms with Crippen LogP contribution in [0.5, 0.6) is 0 Å². The summed E-state index contributed by atoms with van der Waals surface area (Å²) in [6, 6.07) is 4.01. The lowest BCUT2D eigenvalue weighted by Crippen LogP contribution is -2.04. The molecule has 19 heavy (non-hydrogen) atoms. The van der Waals surface area contributed by atoms with E-state index in [2.05, 4.69) is 15.2 Å². The number of rotatable bonds is 1. The Balaban J connectivity index is 2.32. The number of aromatic nitrogens is 5. The van der Waals surface area contributed by atoms with Gasteiger partial charge in [0.2, 0.25) is 0 Å². The van der Waals surface area contributed by atoms with Crippen LogP contribution in [0, 0.1) is 20.8 Å². The van der Waals surface area contributed by atoms with Crippen LogP contribution in [0.25, 0.3) is 16.9 Å². The van der Waals surface area contributed by atoms with Crippen LogP contribution in [0.15, 0.2) is 12.1 Å². The molecule has 0 aromatic carbocycles. The zero-order chi connectivity index (χ0) is 13.7. The molecular formula is C13H16N6. The second-order valence-electron chi connectivity index (χ2n) is 4.84. The number of hydrogen-bond donors (Lipinski definition) is 1. The van der Waals surface area contributed by atoms with E-state index in [0.29, 0.717) is 5.82 Å². The van der Waals surface area contributed by atoms with Gasteiger partial charge in [0.1, 0.15) is 0 Å². The third kappa shape index (κ3) is 1.68. The van der Waals surface area contributed by atoms with Crippen LogP contribution in [0.3, 0.4) is 0 Å². The summed E-state index contributed by atoms with van der Waals surface area (Å²) < 4.78 is 3.54. The van der Waals surface area contributed by atoms with Gasteiger partial charge in [0, 0.05) is 12.7 Å². The average molecular weight is 256 g/mol. The maximum absolute atomic E-state index is 5.91. The molecule has 0 amide bonds. The van der Waals surface area contributed by atoms with Crippen LogP contribution < -0.4 is 5.73 Å². The van der Waals surface area contributed by atoms with Gasteiger partial charge in [0.25, 0.3) is 0 Å². The van der Waals surface area contributed by atoms with E-state index in [1.54, 1.807) is 4.68 Å². The van der Waals surface area contributed by atoms with Crippen molar-refractivity contribution in [2.75, 3.05) is 5.73 Å². The first kappa shape index (κ1) is 11.7. The number of nitrogens with two attached hydrogens (primary N) is 1. The molecule has 6 nitrogen and oxygen atoms in total. The fourth-order valence-corrected chi connectivity index (χ4v) is 2.42. The highest BCUT2D eigenvalue weighted by molar-refractivity contribution is 5.90. The summed E-state index contributed by atoms with van der Waals surface area (Å²) >= 11 is 0. The first-order chi connectivity index (χ1) is 8.97. The molecule has 3 aromatic heterocycles. The number of aryl methyl sites for hydroxylation is 4. The molecule has 0 unspecified atom stereocenters. The van der Waals surface area contributed by atoms with E-state index in [1.807, 2.05) is 44.6 Å². The molecule has 0 fully saturated rings. The summed E-state index contributed by atoms with van der Waals surface area (Å²) in [7, 11) is 1.84. The van der Waals surface area contributed by atoms with Crippen LogP contribution in [-0.4, -0.2) is 24.5 Å². The van der Waals surface area contributed by atoms with Gasteiger partial charge in [-0.25, -0.2) is 14.3 Å². The first-order valence-corrected chi connectivity index (χ1v) is 6.11. The minimum Gasteiger partial charge on any atom is -0.382 e. The van der Waals surface area contributed by atoms with Gasteiger partial charge in [-0.15, -0.1) is 0 Å². The third-order valence-corrected chi connectivity index (χ3v) is 3.23. The number of nitrogen functional groups attached to an aromatic ring is 1. The zero-order valence-corrected chi connectivity index (χ0v) is 11.5. The lowest BCUT2D eigenvalue weighted by atomic mass is 10.2. The Morgan fingerprint density at radius 1 is 1.11 bits per heavy atom. The van der Waals surface area contributed by atoms with Crippen molar-refractivity contribution in [3.63, 3.8) is 0 Å². The number of nitrogens with zero attached hydrogens (tertiary/aromatic N) is 5. The fraction of sp³-hybridized carbons (Fsp3) is 0.308. The topological polar surface area (TPSA) is 74.6 Å². The van der Waals surface area contributed by atoms with E-state index in [1.165, 1.54) is 0 Å². The van der Waals surface area contributed by atoms with Gasteiger partial charge in [-0.1, -0.05) is 0 Å². The SMILES string of the molecule is Cc1cc(C)n(-c2cc(C)c3c(N)nn(C)c3n2)n1. The second-order valence-corrected chi connectivity index (χ2v) is 4.84. The highest BCUT2D eigenvalue weighted by Crippen LogP contribution is 2.24. The van der Waals surface area contributed by atoms with Crippen LogP contribution >= 0.6 is 0 Å². The van der Waals surface area contributed by atoms with Crippen molar-refractivity contribution in [3.8, 4) is 5.82 Å². The minimum atomic E-state index is 0.516. The largest absolute Gasteiger partial charge is 0.382 e. The Labute approximate surface area is 110 Å². The standard InChI is InChI=1S/C13H16N6/c1-7-5-10(19-9(3)6-8(2)16-19)15-13-11(7)12(14)17-18(13)4/h5-6H,1-4H3,(H2,14,17). The molecule has 3 rings (SSSR count). The lowest BCUT2D eigenvalue weighted by Gasteiger charge is -2.06. The molecular weight excluding hydrogens is 240 g/mol. The van der Waals surface area contributed by atoms with Gasteiger partial charge in [0.15, 0.2) is 17.3 Å². The molecule has 6 heteroatoms. The van der Waals surface area contributed by atoms with Crippen molar-refractivity contribution in [2.45, 2.75) is 20.8 Å². The summed E-state index contributed by atoms with van der Waals surface area (Å²) in [5.74, 6) is 1.31. The minimum absolute atomic E-state index is 0.516. The molecule has 0 atom stereocenters. The molecule has 2 N–H and O–H groups in total. The van der Waals surface area contributed by atoms with Crippen molar-refractivity contribution >= 4 is 16.9 Å². The molecule has 0 bridgehead atoms. The van der Waals surface area contributed by atoms with Crippen molar-refractivity contribution in [1.82, 2.24) is 24.5 Å². The Morgan fingerprint density at radius 2 is 1.84 bits per heavy atom. The fourth-order valence-electron chi connectivity index (χ4n) is 2.42. The van der Waals surface area contributed by atoms with E-state index in [-0.39, 0.29) is 0 Å². The van der Waals surface area contributed by atoms with Gasteiger partial charge in [0.05, 0.1) is 11.1 Å². The molecule has 98 valence electrons. The maximum atomic E-state index is 5.91. The average Bonchev–Trinajstić information content (AvgIpc) is 2.80. The maximum Gasteiger partial charge on any atom is 0.162 e. The van der Waals surface area contributed by atoms with Crippen LogP contribution in [0.4, 0.5) is 5.82 Å². The highest BCUT2D eigenvalue weighted by atomic mass is 15.3. The Hall–Kier alpha value is -2.37. The summed E-state index contributed by atoms with van der Waals surface area (Å²) in [6.45, 7) is 5.99. The van der Waals surface area contributed by atoms with Crippen LogP contribution in [0.2, 0.25) is 0 Å². The Morgan fingerprint density at radius 3 is 2.47 bits per heavy atom. The Kier molecular flexibility index (Phi) is 2.35. The molecule has 3 aromatic rings. The van der Waals surface area contributed by atoms with Gasteiger partial charge in [-0.3, -0.25) is 0 Å². The molecule has 0 aliphatic heterocycles. The zero-order valence-electron chi connectivity index (χ0n) is 11.5. The summed E-state index contributed by atoms with van der Waals surface area (Å²) in [5.41, 5.74) is 9.77. The summed E-state index contributed by atoms with van der Waals surface area (Å²) in [6.07, 6.45) is 0. The number of fused-ring (bicyclic) bond motifs is 1. The monoisotopic (exact) mass is 256 g/mol. The van der Waals surface area contributed by atoms with Crippen molar-refractivity contribution in [1.29, 1.82) is 0 Å². The molecule has 3 heterocycles.